The van der Waals surface area contributed by atoms with Gasteiger partial charge in [0.2, 0.25) is 21.8 Å². The number of carbonyl (C=O) groups excluding carboxylic acids is 4. The third-order valence-corrected chi connectivity index (χ3v) is 12.2. The summed E-state index contributed by atoms with van der Waals surface area (Å²) in [6.07, 6.45) is 8.10. The van der Waals surface area contributed by atoms with Crippen LogP contribution in [-0.4, -0.2) is 77.5 Å². The van der Waals surface area contributed by atoms with Crippen LogP contribution in [0.25, 0.3) is 10.4 Å². The van der Waals surface area contributed by atoms with Crippen molar-refractivity contribution in [2.75, 3.05) is 11.9 Å². The number of thiazole rings is 1. The van der Waals surface area contributed by atoms with Crippen LogP contribution in [0.15, 0.2) is 36.5 Å². The van der Waals surface area contributed by atoms with Gasteiger partial charge >= 0.3 is 5.97 Å². The van der Waals surface area contributed by atoms with Gasteiger partial charge in [0.25, 0.3) is 5.91 Å². The van der Waals surface area contributed by atoms with Crippen molar-refractivity contribution in [3.05, 3.63) is 36.5 Å². The predicted molar refractivity (Wildman–Crippen MR) is 172 cm³/mol. The highest BCUT2D eigenvalue weighted by atomic mass is 32.2. The molecule has 46 heavy (non-hydrogen) atoms. The maximum Gasteiger partial charge on any atom is 0.302 e. The van der Waals surface area contributed by atoms with Crippen molar-refractivity contribution in [3.8, 4) is 10.4 Å². The van der Waals surface area contributed by atoms with Gasteiger partial charge in [-0.2, -0.15) is 0 Å². The van der Waals surface area contributed by atoms with Crippen LogP contribution in [-0.2, 0) is 33.9 Å². The molecule has 0 bridgehead atoms. The largest absolute Gasteiger partial charge is 0.461 e. The lowest BCUT2D eigenvalue weighted by Gasteiger charge is -2.30. The number of nitrogens with one attached hydrogen (secondary N) is 3. The number of hydrogen-bond acceptors (Lipinski definition) is 10. The van der Waals surface area contributed by atoms with Gasteiger partial charge < -0.3 is 20.3 Å². The molecule has 1 aromatic carbocycles. The molecule has 2 aliphatic carbocycles. The minimum Gasteiger partial charge on any atom is -0.461 e. The van der Waals surface area contributed by atoms with Crippen molar-refractivity contribution in [2.45, 2.75) is 107 Å². The Hall–Kier alpha value is -3.52. The zero-order valence-electron chi connectivity index (χ0n) is 25.9. The van der Waals surface area contributed by atoms with Crippen LogP contribution in [0.1, 0.15) is 77.6 Å². The van der Waals surface area contributed by atoms with Gasteiger partial charge in [-0.15, -0.1) is 0 Å². The molecule has 4 aliphatic rings. The first-order valence-corrected chi connectivity index (χ1v) is 18.6. The number of fused-ring (bicyclic) bond motifs is 2. The van der Waals surface area contributed by atoms with E-state index in [1.165, 1.54) is 23.2 Å². The van der Waals surface area contributed by atoms with Gasteiger partial charge in [-0.3, -0.25) is 23.9 Å². The summed E-state index contributed by atoms with van der Waals surface area (Å²) in [5.41, 5.74) is -0.344. The average molecular weight is 672 g/mol. The van der Waals surface area contributed by atoms with Gasteiger partial charge in [-0.25, -0.2) is 13.4 Å². The molecule has 12 nitrogen and oxygen atoms in total. The molecule has 2 saturated carbocycles. The van der Waals surface area contributed by atoms with E-state index in [4.69, 9.17) is 4.74 Å². The van der Waals surface area contributed by atoms with Crippen LogP contribution in [0.5, 0.6) is 0 Å². The van der Waals surface area contributed by atoms with Crippen LogP contribution in [0.2, 0.25) is 0 Å². The summed E-state index contributed by atoms with van der Waals surface area (Å²) in [5, 5.41) is 6.22. The third-order valence-electron chi connectivity index (χ3n) is 9.44. The van der Waals surface area contributed by atoms with E-state index in [-0.39, 0.29) is 24.8 Å². The normalized spacial score (nSPS) is 28.9. The molecule has 1 aromatic heterocycles. The first kappa shape index (κ1) is 32.4. The molecule has 2 aromatic rings. The van der Waals surface area contributed by atoms with E-state index in [0.717, 1.165) is 42.5 Å². The van der Waals surface area contributed by atoms with Gasteiger partial charge in [0.05, 0.1) is 16.7 Å². The van der Waals surface area contributed by atoms with E-state index in [1.54, 1.807) is 6.20 Å². The molecular weight excluding hydrogens is 631 g/mol. The molecule has 3 N–H and O–H groups in total. The van der Waals surface area contributed by atoms with Crippen molar-refractivity contribution in [2.24, 2.45) is 5.92 Å². The molecule has 6 rings (SSSR count). The van der Waals surface area contributed by atoms with E-state index in [2.05, 4.69) is 20.3 Å². The maximum absolute atomic E-state index is 14.3. The molecule has 0 spiro atoms. The van der Waals surface area contributed by atoms with Gasteiger partial charge in [0.1, 0.15) is 23.7 Å². The second-order valence-corrected chi connectivity index (χ2v) is 15.9. The van der Waals surface area contributed by atoms with Crippen LogP contribution >= 0.6 is 11.3 Å². The Labute approximate surface area is 273 Å². The lowest BCUT2D eigenvalue weighted by Crippen LogP contribution is -2.57. The van der Waals surface area contributed by atoms with Gasteiger partial charge in [-0.05, 0) is 43.6 Å². The smallest absolute Gasteiger partial charge is 0.302 e. The maximum atomic E-state index is 14.3. The zero-order valence-corrected chi connectivity index (χ0v) is 27.5. The number of carbonyl (C=O) groups is 4. The Morgan fingerprint density at radius 3 is 2.48 bits per heavy atom. The number of nitrogens with zero attached hydrogens (tertiary/aromatic N) is 2. The Morgan fingerprint density at radius 2 is 1.76 bits per heavy atom. The van der Waals surface area contributed by atoms with Crippen molar-refractivity contribution >= 4 is 50.2 Å². The monoisotopic (exact) mass is 671 g/mol. The molecule has 2 saturated heterocycles. The van der Waals surface area contributed by atoms with Crippen LogP contribution < -0.4 is 15.4 Å². The fourth-order valence-electron chi connectivity index (χ4n) is 6.71. The molecule has 3 amide bonds. The highest BCUT2D eigenvalue weighted by molar-refractivity contribution is 7.91. The van der Waals surface area contributed by atoms with Crippen LogP contribution in [0.3, 0.4) is 0 Å². The van der Waals surface area contributed by atoms with Crippen LogP contribution in [0, 0.1) is 5.92 Å². The molecule has 14 heteroatoms. The summed E-state index contributed by atoms with van der Waals surface area (Å²) < 4.78 is 33.0. The summed E-state index contributed by atoms with van der Waals surface area (Å²) in [6, 6.07) is 8.15. The van der Waals surface area contributed by atoms with Gasteiger partial charge in [0, 0.05) is 19.5 Å². The van der Waals surface area contributed by atoms with Crippen molar-refractivity contribution in [3.63, 3.8) is 0 Å². The summed E-state index contributed by atoms with van der Waals surface area (Å²) in [5.74, 6) is -2.31. The first-order chi connectivity index (χ1) is 22.1. The number of hydrogen-bond donors (Lipinski definition) is 3. The number of anilines is 1. The van der Waals surface area contributed by atoms with E-state index in [9.17, 15) is 27.6 Å². The first-order valence-electron chi connectivity index (χ1n) is 16.2. The zero-order chi connectivity index (χ0) is 32.5. The Balaban J connectivity index is 1.25. The Kier molecular flexibility index (Phi) is 9.38. The Morgan fingerprint density at radius 1 is 1.04 bits per heavy atom. The fourth-order valence-corrected chi connectivity index (χ4v) is 8.95. The van der Waals surface area contributed by atoms with Gasteiger partial charge in [-0.1, -0.05) is 73.8 Å². The molecule has 5 atom stereocenters. The molecular formula is C32H41N5O7S2. The number of benzene rings is 1. The summed E-state index contributed by atoms with van der Waals surface area (Å²) >= 11 is 1.44. The minimum atomic E-state index is -3.82. The molecule has 2 aliphatic heterocycles. The highest BCUT2D eigenvalue weighted by Gasteiger charge is 2.62. The topological polar surface area (TPSA) is 164 Å². The predicted octanol–water partition coefficient (Wildman–Crippen LogP) is 3.35. The van der Waals surface area contributed by atoms with Crippen molar-refractivity contribution < 1.29 is 32.3 Å². The molecule has 0 unspecified atom stereocenters. The average Bonchev–Trinajstić information content (AvgIpc) is 3.90. The highest BCUT2D eigenvalue weighted by Crippen LogP contribution is 2.48. The molecule has 248 valence electrons. The van der Waals surface area contributed by atoms with Gasteiger partial charge in [0.15, 0.2) is 5.13 Å². The summed E-state index contributed by atoms with van der Waals surface area (Å²) in [7, 11) is -3.82. The third kappa shape index (κ3) is 7.22. The van der Waals surface area contributed by atoms with Crippen molar-refractivity contribution in [1.29, 1.82) is 0 Å². The number of aromatic nitrogens is 1. The number of amides is 3. The number of rotatable bonds is 7. The lowest BCUT2D eigenvalue weighted by molar-refractivity contribution is -0.146. The van der Waals surface area contributed by atoms with E-state index in [1.807, 2.05) is 30.3 Å². The van der Waals surface area contributed by atoms with E-state index < -0.39 is 56.8 Å². The standard InChI is InChI=1S/C32H41N5O7S2/c1-20(38)44-23-16-26-28(39)35-32(30(41)36-46(42,43)24-14-15-24)17-22(32)12-8-3-2-4-9-13-25(29(40)37(26)19-23)34-31-33-18-27(45-31)21-10-6-5-7-11-21/h5-7,10-11,18,22-26H,2-4,8-9,12-17,19H2,1H3,(H,33,34)(H,35,39)(H,36,41)/t22-,23-,25+,26+,32-/m1/s1. The SMILES string of the molecule is CC(=O)O[C@@H]1C[C@H]2C(=O)N[C@]3(C(=O)NS(=O)(=O)C4CC4)C[C@H]3CCCCCCC[C@H](Nc3ncc(-c4ccccc4)s3)C(=O)N2C1. The Bertz CT molecular complexity index is 1580. The number of sulfonamides is 1. The summed E-state index contributed by atoms with van der Waals surface area (Å²) in [4.78, 5) is 60.5. The van der Waals surface area contributed by atoms with Crippen LogP contribution in [0.4, 0.5) is 5.13 Å². The quantitative estimate of drug-likeness (QED) is 0.375. The second kappa shape index (κ2) is 13.3. The molecule has 4 fully saturated rings. The second-order valence-electron chi connectivity index (χ2n) is 12.9. The van der Waals surface area contributed by atoms with E-state index >= 15 is 0 Å². The molecule has 0 radical (unpaired) electrons. The minimum absolute atomic E-state index is 0.0283. The van der Waals surface area contributed by atoms with Crippen molar-refractivity contribution in [1.82, 2.24) is 19.9 Å². The number of ether oxygens (including phenoxy) is 1. The lowest BCUT2D eigenvalue weighted by atomic mass is 10.0. The fraction of sp³-hybridized carbons (Fsp3) is 0.594. The number of esters is 1. The van der Waals surface area contributed by atoms with E-state index in [0.29, 0.717) is 37.2 Å². The summed E-state index contributed by atoms with van der Waals surface area (Å²) in [6.45, 7) is 1.31. The molecule has 3 heterocycles.